The third kappa shape index (κ3) is 2.75. The first-order valence-electron chi connectivity index (χ1n) is 4.52. The van der Waals surface area contributed by atoms with Crippen molar-refractivity contribution in [2.45, 2.75) is 4.90 Å². The number of rotatable bonds is 2. The van der Waals surface area contributed by atoms with Crippen LogP contribution in [0.2, 0.25) is 0 Å². The molecular weight excluding hydrogens is 299 g/mol. The van der Waals surface area contributed by atoms with E-state index in [0.29, 0.717) is 12.1 Å². The fraction of sp³-hybridized carbons (Fsp3) is 0. The van der Waals surface area contributed by atoms with Crippen LogP contribution < -0.4 is 0 Å². The molecule has 0 aliphatic rings. The van der Waals surface area contributed by atoms with Crippen LogP contribution in [0.1, 0.15) is 0 Å². The van der Waals surface area contributed by atoms with Gasteiger partial charge in [-0.3, -0.25) is 0 Å². The normalized spacial score (nSPS) is 16.1. The maximum Gasteiger partial charge on any atom is 0.310 e. The first-order chi connectivity index (χ1) is 7.95. The largest absolute Gasteiger partial charge is 0.310 e. The molecule has 1 heterocycles. The van der Waals surface area contributed by atoms with Gasteiger partial charge in [-0.2, -0.15) is 9.30 Å². The van der Waals surface area contributed by atoms with Crippen molar-refractivity contribution in [1.29, 1.82) is 0 Å². The summed E-state index contributed by atoms with van der Waals surface area (Å²) in [6.45, 7) is 0. The van der Waals surface area contributed by atoms with Gasteiger partial charge in [-0.1, -0.05) is 31.6 Å². The van der Waals surface area contributed by atoms with Crippen molar-refractivity contribution in [2.24, 2.45) is 0 Å². The molecule has 0 bridgehead atoms. The smallest absolute Gasteiger partial charge is 0.180 e. The standard InChI is InChI=1S/C9H6ClF5N2S/c10-17-5-4-9(16-17)7-2-1-3-8(6-7)18(11,12,13,14)15/h1-6H. The van der Waals surface area contributed by atoms with Crippen LogP contribution in [0.5, 0.6) is 0 Å². The van der Waals surface area contributed by atoms with E-state index in [1.54, 1.807) is 0 Å². The minimum absolute atomic E-state index is 0.0775. The summed E-state index contributed by atoms with van der Waals surface area (Å²) in [6.07, 6.45) is 1.28. The quantitative estimate of drug-likeness (QED) is 0.696. The van der Waals surface area contributed by atoms with E-state index in [9.17, 15) is 19.4 Å². The third-order valence-electron chi connectivity index (χ3n) is 2.13. The summed E-state index contributed by atoms with van der Waals surface area (Å²) >= 11 is 5.44. The highest BCUT2D eigenvalue weighted by Crippen LogP contribution is 3.02. The van der Waals surface area contributed by atoms with E-state index in [1.165, 1.54) is 18.3 Å². The highest BCUT2D eigenvalue weighted by molar-refractivity contribution is 8.45. The van der Waals surface area contributed by atoms with Gasteiger partial charge in [0.05, 0.1) is 5.69 Å². The average Bonchev–Trinajstić information content (AvgIpc) is 2.62. The van der Waals surface area contributed by atoms with Gasteiger partial charge >= 0.3 is 10.2 Å². The lowest BCUT2D eigenvalue weighted by Gasteiger charge is -2.40. The first-order valence-corrected chi connectivity index (χ1v) is 6.81. The average molecular weight is 305 g/mol. The van der Waals surface area contributed by atoms with Crippen molar-refractivity contribution < 1.29 is 19.4 Å². The van der Waals surface area contributed by atoms with Gasteiger partial charge in [0.2, 0.25) is 0 Å². The third-order valence-corrected chi connectivity index (χ3v) is 3.47. The van der Waals surface area contributed by atoms with Gasteiger partial charge in [0.15, 0.2) is 0 Å². The van der Waals surface area contributed by atoms with Crippen LogP contribution in [0.15, 0.2) is 41.4 Å². The van der Waals surface area contributed by atoms with Gasteiger partial charge in [-0.25, -0.2) is 0 Å². The van der Waals surface area contributed by atoms with Crippen LogP contribution >= 0.6 is 22.0 Å². The molecule has 0 N–H and O–H groups in total. The molecule has 2 rings (SSSR count). The second kappa shape index (κ2) is 3.18. The number of benzene rings is 1. The molecule has 1 aromatic carbocycles. The van der Waals surface area contributed by atoms with Crippen molar-refractivity contribution in [3.05, 3.63) is 36.5 Å². The van der Waals surface area contributed by atoms with Crippen LogP contribution in [0.4, 0.5) is 19.4 Å². The van der Waals surface area contributed by atoms with E-state index < -0.39 is 15.1 Å². The molecule has 0 unspecified atom stereocenters. The van der Waals surface area contributed by atoms with E-state index in [1.807, 2.05) is 0 Å². The molecule has 0 spiro atoms. The van der Waals surface area contributed by atoms with E-state index in [-0.39, 0.29) is 11.3 Å². The summed E-state index contributed by atoms with van der Waals surface area (Å²) < 4.78 is 63.8. The van der Waals surface area contributed by atoms with Crippen LogP contribution in [0.25, 0.3) is 11.3 Å². The molecule has 18 heavy (non-hydrogen) atoms. The lowest BCUT2D eigenvalue weighted by Crippen LogP contribution is -2.05. The second-order valence-corrected chi connectivity index (χ2v) is 6.34. The van der Waals surface area contributed by atoms with Gasteiger partial charge in [0.25, 0.3) is 0 Å². The second-order valence-electron chi connectivity index (χ2n) is 3.59. The zero-order valence-corrected chi connectivity index (χ0v) is 10.1. The summed E-state index contributed by atoms with van der Waals surface area (Å²) in [5.41, 5.74) is -0.00569. The Morgan fingerprint density at radius 1 is 1.06 bits per heavy atom. The van der Waals surface area contributed by atoms with Crippen molar-refractivity contribution in [3.63, 3.8) is 0 Å². The Morgan fingerprint density at radius 3 is 2.22 bits per heavy atom. The maximum atomic E-state index is 12.6. The number of aromatic nitrogens is 2. The SMILES string of the molecule is FS(F)(F)(F)(F)c1cccc(-c2ccn(Cl)n2)c1. The van der Waals surface area contributed by atoms with Crippen molar-refractivity contribution >= 4 is 22.0 Å². The van der Waals surface area contributed by atoms with Crippen LogP contribution in [0.3, 0.4) is 0 Å². The molecule has 0 saturated heterocycles. The predicted octanol–water partition coefficient (Wildman–Crippen LogP) is 5.21. The summed E-state index contributed by atoms with van der Waals surface area (Å²) in [5.74, 6) is 0. The monoisotopic (exact) mass is 304 g/mol. The molecule has 9 heteroatoms. The zero-order valence-electron chi connectivity index (χ0n) is 8.53. The van der Waals surface area contributed by atoms with Crippen molar-refractivity contribution in [1.82, 2.24) is 9.30 Å². The van der Waals surface area contributed by atoms with Crippen LogP contribution in [-0.2, 0) is 0 Å². The lowest BCUT2D eigenvalue weighted by molar-refractivity contribution is 0.364. The lowest BCUT2D eigenvalue weighted by atomic mass is 10.2. The zero-order chi connectivity index (χ0) is 13.7. The summed E-state index contributed by atoms with van der Waals surface area (Å²) in [6, 6.07) is 4.16. The van der Waals surface area contributed by atoms with E-state index >= 15 is 0 Å². The molecule has 2 aromatic rings. The van der Waals surface area contributed by atoms with Gasteiger partial charge in [0.1, 0.15) is 4.90 Å². The fourth-order valence-electron chi connectivity index (χ4n) is 1.35. The van der Waals surface area contributed by atoms with E-state index in [4.69, 9.17) is 11.8 Å². The number of nitrogens with zero attached hydrogens (tertiary/aromatic N) is 2. The summed E-state index contributed by atoms with van der Waals surface area (Å²) in [4.78, 5) is -1.95. The van der Waals surface area contributed by atoms with Crippen LogP contribution in [-0.4, -0.2) is 9.30 Å². The topological polar surface area (TPSA) is 17.8 Å². The Kier molecular flexibility index (Phi) is 2.33. The molecule has 0 radical (unpaired) electrons. The molecule has 0 saturated carbocycles. The van der Waals surface area contributed by atoms with Crippen LogP contribution in [0, 0.1) is 0 Å². The van der Waals surface area contributed by atoms with E-state index in [0.717, 1.165) is 10.3 Å². The number of hydrogen-bond acceptors (Lipinski definition) is 1. The maximum absolute atomic E-state index is 12.6. The highest BCUT2D eigenvalue weighted by Gasteiger charge is 2.65. The molecule has 1 aromatic heterocycles. The molecule has 2 nitrogen and oxygen atoms in total. The predicted molar refractivity (Wildman–Crippen MR) is 60.3 cm³/mol. The molecular formula is C9H6ClF5N2S. The summed E-state index contributed by atoms with van der Waals surface area (Å²) in [5, 5.41) is 3.63. The molecule has 0 aliphatic heterocycles. The number of hydrogen-bond donors (Lipinski definition) is 0. The summed E-state index contributed by atoms with van der Waals surface area (Å²) in [7, 11) is -9.66. The number of halogens is 6. The molecule has 0 amide bonds. The Balaban J connectivity index is 2.57. The highest BCUT2D eigenvalue weighted by atomic mass is 35.5. The van der Waals surface area contributed by atoms with Gasteiger partial charge < -0.3 is 0 Å². The Labute approximate surface area is 104 Å². The van der Waals surface area contributed by atoms with Crippen molar-refractivity contribution in [3.8, 4) is 11.3 Å². The van der Waals surface area contributed by atoms with Gasteiger partial charge in [-0.15, -0.1) is 0 Å². The van der Waals surface area contributed by atoms with Gasteiger partial charge in [-0.05, 0) is 18.2 Å². The minimum Gasteiger partial charge on any atom is -0.180 e. The van der Waals surface area contributed by atoms with Gasteiger partial charge in [0, 0.05) is 23.5 Å². The Hall–Kier alpha value is -1.28. The van der Waals surface area contributed by atoms with Crippen molar-refractivity contribution in [2.75, 3.05) is 0 Å². The van der Waals surface area contributed by atoms with E-state index in [2.05, 4.69) is 5.10 Å². The Morgan fingerprint density at radius 2 is 1.72 bits per heavy atom. The molecule has 100 valence electrons. The molecule has 0 atom stereocenters. The fourth-order valence-corrected chi connectivity index (χ4v) is 2.17. The Bertz CT molecular complexity index is 607. The minimum atomic E-state index is -9.66. The molecule has 0 aliphatic carbocycles. The first kappa shape index (κ1) is 13.2. The molecule has 0 fully saturated rings.